The molecule has 3 rings (SSSR count). The van der Waals surface area contributed by atoms with Crippen LogP contribution in [-0.2, 0) is 11.2 Å². The van der Waals surface area contributed by atoms with Crippen LogP contribution in [0.4, 0.5) is 0 Å². The number of aromatic nitrogens is 1. The van der Waals surface area contributed by atoms with E-state index in [4.69, 9.17) is 14.6 Å². The molecule has 3 aromatic rings. The van der Waals surface area contributed by atoms with E-state index in [9.17, 15) is 9.59 Å². The van der Waals surface area contributed by atoms with Crippen molar-refractivity contribution in [2.45, 2.75) is 52.4 Å². The first-order valence-corrected chi connectivity index (χ1v) is 11.1. The molecule has 170 valence electrons. The first kappa shape index (κ1) is 23.4. The Morgan fingerprint density at radius 1 is 1.00 bits per heavy atom. The van der Waals surface area contributed by atoms with Crippen molar-refractivity contribution in [3.8, 4) is 11.5 Å². The van der Waals surface area contributed by atoms with Gasteiger partial charge in [-0.05, 0) is 80.6 Å². The SMILES string of the molecule is CCCCOc1ccc(C(=O)n2c(C)c(CCCCC(=O)O)c3cc(OC)ccc32)cc1. The van der Waals surface area contributed by atoms with Gasteiger partial charge in [0.1, 0.15) is 11.5 Å². The summed E-state index contributed by atoms with van der Waals surface area (Å²) in [5.74, 6) is 0.591. The second-order valence-electron chi connectivity index (χ2n) is 7.91. The molecule has 0 aliphatic heterocycles. The molecule has 32 heavy (non-hydrogen) atoms. The van der Waals surface area contributed by atoms with E-state index in [1.54, 1.807) is 23.8 Å². The Labute approximate surface area is 188 Å². The summed E-state index contributed by atoms with van der Waals surface area (Å²) in [6.07, 6.45) is 4.24. The molecule has 1 heterocycles. The van der Waals surface area contributed by atoms with E-state index >= 15 is 0 Å². The van der Waals surface area contributed by atoms with E-state index in [1.807, 2.05) is 37.3 Å². The average molecular weight is 438 g/mol. The number of hydrogen-bond donors (Lipinski definition) is 1. The largest absolute Gasteiger partial charge is 0.497 e. The first-order valence-electron chi connectivity index (χ1n) is 11.1. The Morgan fingerprint density at radius 2 is 1.72 bits per heavy atom. The first-order chi connectivity index (χ1) is 15.5. The second-order valence-corrected chi connectivity index (χ2v) is 7.91. The molecule has 0 aliphatic rings. The average Bonchev–Trinajstić information content (AvgIpc) is 3.07. The van der Waals surface area contributed by atoms with Gasteiger partial charge in [-0.2, -0.15) is 0 Å². The molecule has 0 amide bonds. The Balaban J connectivity index is 1.92. The van der Waals surface area contributed by atoms with Crippen molar-refractivity contribution in [1.82, 2.24) is 4.57 Å². The standard InChI is InChI=1S/C26H31NO5/c1-4-5-16-32-20-12-10-19(11-13-20)26(30)27-18(2)22(8-6-7-9-25(28)29)23-17-21(31-3)14-15-24(23)27/h10-15,17H,4-9,16H2,1-3H3,(H,28,29). The molecule has 0 radical (unpaired) electrons. The minimum atomic E-state index is -0.789. The Kier molecular flexibility index (Phi) is 7.92. The Hall–Kier alpha value is -3.28. The summed E-state index contributed by atoms with van der Waals surface area (Å²) < 4.78 is 12.8. The smallest absolute Gasteiger partial charge is 0.303 e. The van der Waals surface area contributed by atoms with Crippen LogP contribution >= 0.6 is 0 Å². The lowest BCUT2D eigenvalue weighted by Crippen LogP contribution is -2.13. The highest BCUT2D eigenvalue weighted by Crippen LogP contribution is 2.31. The number of hydrogen-bond acceptors (Lipinski definition) is 4. The molecule has 1 N–H and O–H groups in total. The third kappa shape index (κ3) is 5.31. The van der Waals surface area contributed by atoms with Gasteiger partial charge in [0.05, 0.1) is 19.2 Å². The number of rotatable bonds is 11. The minimum absolute atomic E-state index is 0.102. The van der Waals surface area contributed by atoms with Gasteiger partial charge in [-0.3, -0.25) is 14.2 Å². The number of carbonyl (C=O) groups is 2. The molecule has 0 spiro atoms. The van der Waals surface area contributed by atoms with Crippen molar-refractivity contribution >= 4 is 22.8 Å². The van der Waals surface area contributed by atoms with Crippen molar-refractivity contribution < 1.29 is 24.2 Å². The van der Waals surface area contributed by atoms with E-state index in [0.717, 1.165) is 52.9 Å². The lowest BCUT2D eigenvalue weighted by Gasteiger charge is -2.09. The summed E-state index contributed by atoms with van der Waals surface area (Å²) >= 11 is 0. The third-order valence-corrected chi connectivity index (χ3v) is 5.68. The maximum Gasteiger partial charge on any atom is 0.303 e. The minimum Gasteiger partial charge on any atom is -0.497 e. The van der Waals surface area contributed by atoms with E-state index < -0.39 is 5.97 Å². The summed E-state index contributed by atoms with van der Waals surface area (Å²) in [4.78, 5) is 24.3. The number of benzene rings is 2. The molecule has 2 aromatic carbocycles. The van der Waals surface area contributed by atoms with Crippen LogP contribution in [0.3, 0.4) is 0 Å². The van der Waals surface area contributed by atoms with E-state index in [0.29, 0.717) is 25.0 Å². The molecule has 0 bridgehead atoms. The Morgan fingerprint density at radius 3 is 2.38 bits per heavy atom. The van der Waals surface area contributed by atoms with E-state index in [2.05, 4.69) is 6.92 Å². The topological polar surface area (TPSA) is 77.8 Å². The molecule has 1 aromatic heterocycles. The van der Waals surface area contributed by atoms with Gasteiger partial charge in [0.25, 0.3) is 5.91 Å². The van der Waals surface area contributed by atoms with Crippen molar-refractivity contribution in [2.24, 2.45) is 0 Å². The number of aryl methyl sites for hydroxylation is 1. The van der Waals surface area contributed by atoms with Crippen LogP contribution in [0.15, 0.2) is 42.5 Å². The van der Waals surface area contributed by atoms with Crippen molar-refractivity contribution in [2.75, 3.05) is 13.7 Å². The molecule has 0 fully saturated rings. The lowest BCUT2D eigenvalue weighted by molar-refractivity contribution is -0.137. The maximum atomic E-state index is 13.5. The highest BCUT2D eigenvalue weighted by molar-refractivity contribution is 6.04. The number of aliphatic carboxylic acids is 1. The van der Waals surface area contributed by atoms with Crippen molar-refractivity contribution in [3.63, 3.8) is 0 Å². The fourth-order valence-electron chi connectivity index (χ4n) is 3.90. The number of ether oxygens (including phenoxy) is 2. The van der Waals surface area contributed by atoms with Gasteiger partial charge in [-0.25, -0.2) is 0 Å². The molecule has 6 nitrogen and oxygen atoms in total. The predicted molar refractivity (Wildman–Crippen MR) is 125 cm³/mol. The molecule has 6 heteroatoms. The third-order valence-electron chi connectivity index (χ3n) is 5.68. The van der Waals surface area contributed by atoms with E-state index in [-0.39, 0.29) is 12.3 Å². The number of fused-ring (bicyclic) bond motifs is 1. The number of unbranched alkanes of at least 4 members (excludes halogenated alkanes) is 2. The zero-order valence-corrected chi connectivity index (χ0v) is 19.0. The predicted octanol–water partition coefficient (Wildman–Crippen LogP) is 5.62. The van der Waals surface area contributed by atoms with Gasteiger partial charge in [0, 0.05) is 23.1 Å². The second kappa shape index (κ2) is 10.8. The number of methoxy groups -OCH3 is 1. The fourth-order valence-corrected chi connectivity index (χ4v) is 3.90. The summed E-state index contributed by atoms with van der Waals surface area (Å²) in [6.45, 7) is 4.72. The molecular weight excluding hydrogens is 406 g/mol. The molecule has 0 unspecified atom stereocenters. The van der Waals surface area contributed by atoms with Gasteiger partial charge in [-0.1, -0.05) is 13.3 Å². The van der Waals surface area contributed by atoms with Crippen LogP contribution in [-0.4, -0.2) is 35.3 Å². The summed E-state index contributed by atoms with van der Waals surface area (Å²) in [5.41, 5.74) is 3.33. The summed E-state index contributed by atoms with van der Waals surface area (Å²) in [6, 6.07) is 13.0. The van der Waals surface area contributed by atoms with Crippen LogP contribution in [0.1, 0.15) is 60.6 Å². The van der Waals surface area contributed by atoms with Gasteiger partial charge in [0.2, 0.25) is 0 Å². The molecule has 0 atom stereocenters. The van der Waals surface area contributed by atoms with Gasteiger partial charge in [0.15, 0.2) is 0 Å². The van der Waals surface area contributed by atoms with Crippen LogP contribution in [0.5, 0.6) is 11.5 Å². The van der Waals surface area contributed by atoms with Gasteiger partial charge in [-0.15, -0.1) is 0 Å². The van der Waals surface area contributed by atoms with Crippen molar-refractivity contribution in [3.05, 3.63) is 59.3 Å². The van der Waals surface area contributed by atoms with Crippen LogP contribution in [0.25, 0.3) is 10.9 Å². The summed E-state index contributed by atoms with van der Waals surface area (Å²) in [7, 11) is 1.62. The molecule has 0 aliphatic carbocycles. The lowest BCUT2D eigenvalue weighted by atomic mass is 10.0. The number of carboxylic acid groups (broad SMARTS) is 1. The van der Waals surface area contributed by atoms with Crippen LogP contribution in [0.2, 0.25) is 0 Å². The fraction of sp³-hybridized carbons (Fsp3) is 0.385. The highest BCUT2D eigenvalue weighted by Gasteiger charge is 2.20. The quantitative estimate of drug-likeness (QED) is 0.394. The molecule has 0 saturated heterocycles. The van der Waals surface area contributed by atoms with Gasteiger partial charge >= 0.3 is 5.97 Å². The van der Waals surface area contributed by atoms with Crippen molar-refractivity contribution in [1.29, 1.82) is 0 Å². The highest BCUT2D eigenvalue weighted by atomic mass is 16.5. The zero-order valence-electron chi connectivity index (χ0n) is 19.0. The van der Waals surface area contributed by atoms with Crippen LogP contribution in [0, 0.1) is 6.92 Å². The maximum absolute atomic E-state index is 13.5. The normalized spacial score (nSPS) is 11.0. The Bertz CT molecular complexity index is 1080. The van der Waals surface area contributed by atoms with E-state index in [1.165, 1.54) is 0 Å². The molecular formula is C26H31NO5. The van der Waals surface area contributed by atoms with Gasteiger partial charge < -0.3 is 14.6 Å². The number of nitrogens with zero attached hydrogens (tertiary/aromatic N) is 1. The monoisotopic (exact) mass is 437 g/mol. The van der Waals surface area contributed by atoms with Crippen LogP contribution < -0.4 is 9.47 Å². The summed E-state index contributed by atoms with van der Waals surface area (Å²) in [5, 5.41) is 9.88. The number of carbonyl (C=O) groups excluding carboxylic acids is 1. The molecule has 0 saturated carbocycles. The number of carboxylic acids is 1. The zero-order chi connectivity index (χ0) is 23.1.